The lowest BCUT2D eigenvalue weighted by Gasteiger charge is -2.38. The molecule has 0 aliphatic carbocycles. The van der Waals surface area contributed by atoms with Gasteiger partial charge in [0.2, 0.25) is 0 Å². The SMILES string of the molecule is Cn1ccnc1CN1CCC2(CC1)C[C@@H](Oc1cccnc1)CO2. The van der Waals surface area contributed by atoms with Crippen molar-refractivity contribution in [3.8, 4) is 5.75 Å². The Morgan fingerprint density at radius 3 is 2.92 bits per heavy atom. The van der Waals surface area contributed by atoms with Crippen molar-refractivity contribution in [3.63, 3.8) is 0 Å². The molecule has 4 rings (SSSR count). The minimum absolute atomic E-state index is 0.00892. The molecule has 24 heavy (non-hydrogen) atoms. The van der Waals surface area contributed by atoms with E-state index in [2.05, 4.69) is 19.4 Å². The minimum Gasteiger partial charge on any atom is -0.486 e. The van der Waals surface area contributed by atoms with Crippen LogP contribution < -0.4 is 4.74 Å². The van der Waals surface area contributed by atoms with Gasteiger partial charge < -0.3 is 14.0 Å². The van der Waals surface area contributed by atoms with Crippen LogP contribution in [0.2, 0.25) is 0 Å². The Balaban J connectivity index is 1.30. The molecule has 128 valence electrons. The number of imidazole rings is 1. The minimum atomic E-state index is -0.00892. The number of nitrogens with zero attached hydrogens (tertiary/aromatic N) is 4. The highest BCUT2D eigenvalue weighted by Crippen LogP contribution is 2.37. The van der Waals surface area contributed by atoms with E-state index in [0.29, 0.717) is 6.61 Å². The van der Waals surface area contributed by atoms with E-state index in [0.717, 1.165) is 50.5 Å². The molecule has 0 saturated carbocycles. The molecule has 1 atom stereocenters. The van der Waals surface area contributed by atoms with Crippen molar-refractivity contribution < 1.29 is 9.47 Å². The van der Waals surface area contributed by atoms with Gasteiger partial charge in [-0.3, -0.25) is 9.88 Å². The molecular formula is C18H24N4O2. The Morgan fingerprint density at radius 1 is 1.33 bits per heavy atom. The number of hydrogen-bond donors (Lipinski definition) is 0. The van der Waals surface area contributed by atoms with Gasteiger partial charge in [0, 0.05) is 45.1 Å². The topological polar surface area (TPSA) is 52.4 Å². The third-order valence-corrected chi connectivity index (χ3v) is 5.17. The fraction of sp³-hybridized carbons (Fsp3) is 0.556. The van der Waals surface area contributed by atoms with E-state index in [1.165, 1.54) is 0 Å². The molecule has 6 nitrogen and oxygen atoms in total. The third kappa shape index (κ3) is 3.30. The number of ether oxygens (including phenoxy) is 2. The Kier molecular flexibility index (Phi) is 4.24. The van der Waals surface area contributed by atoms with Crippen molar-refractivity contribution in [2.75, 3.05) is 19.7 Å². The first kappa shape index (κ1) is 15.6. The fourth-order valence-corrected chi connectivity index (χ4v) is 3.70. The zero-order valence-electron chi connectivity index (χ0n) is 14.1. The number of aromatic nitrogens is 3. The van der Waals surface area contributed by atoms with Crippen LogP contribution in [0.1, 0.15) is 25.1 Å². The summed E-state index contributed by atoms with van der Waals surface area (Å²) in [5.74, 6) is 1.95. The van der Waals surface area contributed by atoms with Crippen LogP contribution in [0.25, 0.3) is 0 Å². The Morgan fingerprint density at radius 2 is 2.21 bits per heavy atom. The highest BCUT2D eigenvalue weighted by Gasteiger charge is 2.43. The second-order valence-electron chi connectivity index (χ2n) is 6.86. The molecule has 2 aromatic rings. The van der Waals surface area contributed by atoms with Crippen molar-refractivity contribution in [1.82, 2.24) is 19.4 Å². The van der Waals surface area contributed by atoms with Crippen LogP contribution in [-0.2, 0) is 18.3 Å². The third-order valence-electron chi connectivity index (χ3n) is 5.17. The summed E-state index contributed by atoms with van der Waals surface area (Å²) in [4.78, 5) is 11.0. The number of aryl methyl sites for hydroxylation is 1. The van der Waals surface area contributed by atoms with Gasteiger partial charge in [0.15, 0.2) is 0 Å². The van der Waals surface area contributed by atoms with Gasteiger partial charge in [0.1, 0.15) is 17.7 Å². The summed E-state index contributed by atoms with van der Waals surface area (Å²) < 4.78 is 14.3. The monoisotopic (exact) mass is 328 g/mol. The van der Waals surface area contributed by atoms with E-state index in [9.17, 15) is 0 Å². The van der Waals surface area contributed by atoms with Gasteiger partial charge in [-0.15, -0.1) is 0 Å². The van der Waals surface area contributed by atoms with Crippen LogP contribution in [0.15, 0.2) is 36.9 Å². The van der Waals surface area contributed by atoms with Crippen molar-refractivity contribution in [2.45, 2.75) is 37.5 Å². The number of likely N-dealkylation sites (tertiary alicyclic amines) is 1. The second kappa shape index (κ2) is 6.53. The summed E-state index contributed by atoms with van der Waals surface area (Å²) >= 11 is 0. The molecule has 1 spiro atoms. The van der Waals surface area contributed by atoms with Gasteiger partial charge in [-0.2, -0.15) is 0 Å². The Bertz CT molecular complexity index is 665. The number of pyridine rings is 1. The number of hydrogen-bond acceptors (Lipinski definition) is 5. The molecule has 0 N–H and O–H groups in total. The van der Waals surface area contributed by atoms with Gasteiger partial charge in [-0.25, -0.2) is 4.98 Å². The maximum absolute atomic E-state index is 6.18. The lowest BCUT2D eigenvalue weighted by Crippen LogP contribution is -2.44. The fourth-order valence-electron chi connectivity index (χ4n) is 3.70. The van der Waals surface area contributed by atoms with Crippen LogP contribution in [-0.4, -0.2) is 50.8 Å². The summed E-state index contributed by atoms with van der Waals surface area (Å²) in [6, 6.07) is 3.85. The molecule has 4 heterocycles. The number of rotatable bonds is 4. The molecule has 0 radical (unpaired) electrons. The van der Waals surface area contributed by atoms with E-state index in [4.69, 9.17) is 9.47 Å². The molecule has 6 heteroatoms. The van der Waals surface area contributed by atoms with Gasteiger partial charge in [-0.1, -0.05) is 0 Å². The molecule has 0 unspecified atom stereocenters. The van der Waals surface area contributed by atoms with Crippen LogP contribution in [0.4, 0.5) is 0 Å². The molecular weight excluding hydrogens is 304 g/mol. The van der Waals surface area contributed by atoms with E-state index < -0.39 is 0 Å². The molecule has 2 aliphatic heterocycles. The zero-order chi connectivity index (χ0) is 16.4. The molecule has 0 amide bonds. The maximum Gasteiger partial charge on any atom is 0.138 e. The van der Waals surface area contributed by atoms with Crippen molar-refractivity contribution in [2.24, 2.45) is 7.05 Å². The van der Waals surface area contributed by atoms with Gasteiger partial charge >= 0.3 is 0 Å². The molecule has 0 aromatic carbocycles. The Hall–Kier alpha value is -1.92. The normalized spacial score (nSPS) is 23.6. The van der Waals surface area contributed by atoms with Crippen molar-refractivity contribution in [3.05, 3.63) is 42.7 Å². The van der Waals surface area contributed by atoms with Crippen LogP contribution in [0.3, 0.4) is 0 Å². The predicted octanol–water partition coefficient (Wildman–Crippen LogP) is 2.02. The summed E-state index contributed by atoms with van der Waals surface area (Å²) in [6.07, 6.45) is 10.6. The average molecular weight is 328 g/mol. The Labute approximate surface area is 142 Å². The quantitative estimate of drug-likeness (QED) is 0.859. The first-order chi connectivity index (χ1) is 11.7. The average Bonchev–Trinajstić information content (AvgIpc) is 3.18. The lowest BCUT2D eigenvalue weighted by molar-refractivity contribution is -0.0459. The summed E-state index contributed by atoms with van der Waals surface area (Å²) in [7, 11) is 2.05. The van der Waals surface area contributed by atoms with Crippen LogP contribution in [0.5, 0.6) is 5.75 Å². The van der Waals surface area contributed by atoms with Crippen LogP contribution in [0, 0.1) is 0 Å². The highest BCUT2D eigenvalue weighted by atomic mass is 16.6. The van der Waals surface area contributed by atoms with E-state index in [-0.39, 0.29) is 11.7 Å². The van der Waals surface area contributed by atoms with E-state index in [1.807, 2.05) is 31.6 Å². The largest absolute Gasteiger partial charge is 0.486 e. The molecule has 2 fully saturated rings. The smallest absolute Gasteiger partial charge is 0.138 e. The summed E-state index contributed by atoms with van der Waals surface area (Å²) in [5.41, 5.74) is -0.00892. The molecule has 0 bridgehead atoms. The standard InChI is InChI=1S/C18H24N4O2/c1-21-10-7-20-17(21)13-22-8-4-18(5-9-22)11-16(14-23-18)24-15-3-2-6-19-12-15/h2-3,6-7,10,12,16H,4-5,8-9,11,13-14H2,1H3/t16-/m1/s1. The molecule has 2 aliphatic rings. The lowest BCUT2D eigenvalue weighted by atomic mass is 9.88. The van der Waals surface area contributed by atoms with Gasteiger partial charge in [0.25, 0.3) is 0 Å². The number of piperidine rings is 1. The predicted molar refractivity (Wildman–Crippen MR) is 89.7 cm³/mol. The van der Waals surface area contributed by atoms with Gasteiger partial charge in [-0.05, 0) is 25.0 Å². The van der Waals surface area contributed by atoms with E-state index >= 15 is 0 Å². The molecule has 2 saturated heterocycles. The van der Waals surface area contributed by atoms with Crippen LogP contribution >= 0.6 is 0 Å². The first-order valence-corrected chi connectivity index (χ1v) is 8.62. The maximum atomic E-state index is 6.18. The van der Waals surface area contributed by atoms with E-state index in [1.54, 1.807) is 12.4 Å². The van der Waals surface area contributed by atoms with Crippen molar-refractivity contribution in [1.29, 1.82) is 0 Å². The summed E-state index contributed by atoms with van der Waals surface area (Å²) in [5, 5.41) is 0. The van der Waals surface area contributed by atoms with Gasteiger partial charge in [0.05, 0.1) is 24.9 Å². The first-order valence-electron chi connectivity index (χ1n) is 8.62. The second-order valence-corrected chi connectivity index (χ2v) is 6.86. The van der Waals surface area contributed by atoms with Crippen molar-refractivity contribution >= 4 is 0 Å². The molecule has 2 aromatic heterocycles. The highest BCUT2D eigenvalue weighted by molar-refractivity contribution is 5.16. The zero-order valence-corrected chi connectivity index (χ0v) is 14.1. The summed E-state index contributed by atoms with van der Waals surface area (Å²) in [6.45, 7) is 3.68.